The van der Waals surface area contributed by atoms with Gasteiger partial charge in [-0.2, -0.15) is 0 Å². The zero-order valence-electron chi connectivity index (χ0n) is 16.3. The maximum Gasteiger partial charge on any atom is 0.236 e. The summed E-state index contributed by atoms with van der Waals surface area (Å²) in [5.74, 6) is 0.114. The molecule has 0 saturated carbocycles. The van der Waals surface area contributed by atoms with E-state index in [0.29, 0.717) is 19.4 Å². The number of likely N-dealkylation sites (tertiary alicyclic amines) is 1. The molecule has 1 aliphatic carbocycles. The van der Waals surface area contributed by atoms with Crippen LogP contribution in [0.4, 0.5) is 5.69 Å². The van der Waals surface area contributed by atoms with E-state index < -0.39 is 5.41 Å². The molecule has 1 atom stereocenters. The number of nitrogens with one attached hydrogen (secondary N) is 1. The number of carbonyl (C=O) groups excluding carboxylic acids is 2. The lowest BCUT2D eigenvalue weighted by Crippen LogP contribution is -2.50. The molecule has 1 saturated heterocycles. The van der Waals surface area contributed by atoms with Crippen molar-refractivity contribution >= 4 is 17.5 Å². The molecule has 0 bridgehead atoms. The van der Waals surface area contributed by atoms with Crippen LogP contribution in [0.15, 0.2) is 66.4 Å². The second kappa shape index (κ2) is 7.63. The standard InChI is InChI=1S/C24H26N2O2/c1-18-10-12-20(13-11-18)25-23(28)24-15-6-5-9-21(24)26(22(27)14-16-24)17-19-7-3-2-4-8-19/h2-4,7-13H,5-6,14-17H2,1H3,(H,25,28). The van der Waals surface area contributed by atoms with Gasteiger partial charge in [0.25, 0.3) is 0 Å². The lowest BCUT2D eigenvalue weighted by atomic mass is 9.69. The summed E-state index contributed by atoms with van der Waals surface area (Å²) < 4.78 is 0. The van der Waals surface area contributed by atoms with Crippen molar-refractivity contribution in [3.05, 3.63) is 77.5 Å². The van der Waals surface area contributed by atoms with Crippen LogP contribution in [0.1, 0.15) is 43.2 Å². The third-order valence-corrected chi connectivity index (χ3v) is 5.92. The topological polar surface area (TPSA) is 49.4 Å². The Balaban J connectivity index is 1.63. The van der Waals surface area contributed by atoms with E-state index in [2.05, 4.69) is 11.4 Å². The monoisotopic (exact) mass is 374 g/mol. The van der Waals surface area contributed by atoms with Crippen LogP contribution in [0.3, 0.4) is 0 Å². The van der Waals surface area contributed by atoms with E-state index in [1.165, 1.54) is 0 Å². The summed E-state index contributed by atoms with van der Waals surface area (Å²) in [5.41, 5.74) is 3.32. The van der Waals surface area contributed by atoms with E-state index >= 15 is 0 Å². The lowest BCUT2D eigenvalue weighted by molar-refractivity contribution is -0.138. The average molecular weight is 374 g/mol. The third-order valence-electron chi connectivity index (χ3n) is 5.92. The Bertz CT molecular complexity index is 902. The molecule has 144 valence electrons. The number of hydrogen-bond acceptors (Lipinski definition) is 2. The van der Waals surface area contributed by atoms with Crippen LogP contribution >= 0.6 is 0 Å². The Morgan fingerprint density at radius 2 is 1.82 bits per heavy atom. The predicted octanol–water partition coefficient (Wildman–Crippen LogP) is 4.81. The Hall–Kier alpha value is -2.88. The average Bonchev–Trinajstić information content (AvgIpc) is 2.72. The van der Waals surface area contributed by atoms with Gasteiger partial charge in [0.2, 0.25) is 11.8 Å². The first-order valence-corrected chi connectivity index (χ1v) is 10.0. The van der Waals surface area contributed by atoms with E-state index in [1.54, 1.807) is 0 Å². The highest BCUT2D eigenvalue weighted by Gasteiger charge is 2.49. The molecule has 4 heteroatoms. The molecule has 1 fully saturated rings. The maximum atomic E-state index is 13.4. The fourth-order valence-electron chi connectivity index (χ4n) is 4.35. The summed E-state index contributed by atoms with van der Waals surface area (Å²) in [5, 5.41) is 3.11. The minimum Gasteiger partial charge on any atom is -0.325 e. The fourth-order valence-corrected chi connectivity index (χ4v) is 4.35. The van der Waals surface area contributed by atoms with Crippen LogP contribution < -0.4 is 5.32 Å². The van der Waals surface area contributed by atoms with Gasteiger partial charge in [-0.15, -0.1) is 0 Å². The van der Waals surface area contributed by atoms with E-state index in [-0.39, 0.29) is 11.8 Å². The number of benzene rings is 2. The van der Waals surface area contributed by atoms with Gasteiger partial charge in [-0.05, 0) is 50.3 Å². The van der Waals surface area contributed by atoms with Crippen molar-refractivity contribution in [1.29, 1.82) is 0 Å². The molecule has 0 aromatic heterocycles. The number of nitrogens with zero attached hydrogens (tertiary/aromatic N) is 1. The highest BCUT2D eigenvalue weighted by Crippen LogP contribution is 2.47. The number of amides is 2. The second-order valence-corrected chi connectivity index (χ2v) is 7.85. The number of allylic oxidation sites excluding steroid dienone is 1. The minimum atomic E-state index is -0.619. The molecule has 28 heavy (non-hydrogen) atoms. The Morgan fingerprint density at radius 1 is 1.07 bits per heavy atom. The van der Waals surface area contributed by atoms with Gasteiger partial charge in [0.15, 0.2) is 0 Å². The number of hydrogen-bond donors (Lipinski definition) is 1. The molecule has 1 aliphatic heterocycles. The quantitative estimate of drug-likeness (QED) is 0.835. The zero-order chi connectivity index (χ0) is 19.6. The van der Waals surface area contributed by atoms with Crippen LogP contribution in [0.25, 0.3) is 0 Å². The molecular weight excluding hydrogens is 348 g/mol. The fraction of sp³-hybridized carbons (Fsp3) is 0.333. The van der Waals surface area contributed by atoms with E-state index in [1.807, 2.05) is 66.4 Å². The third kappa shape index (κ3) is 3.47. The predicted molar refractivity (Wildman–Crippen MR) is 110 cm³/mol. The van der Waals surface area contributed by atoms with Crippen LogP contribution in [-0.4, -0.2) is 16.7 Å². The SMILES string of the molecule is Cc1ccc(NC(=O)C23CCCC=C2N(Cc2ccccc2)C(=O)CC3)cc1. The molecule has 4 nitrogen and oxygen atoms in total. The first-order chi connectivity index (χ1) is 13.6. The Morgan fingerprint density at radius 3 is 2.57 bits per heavy atom. The van der Waals surface area contributed by atoms with Crippen LogP contribution in [0.2, 0.25) is 0 Å². The number of fused-ring (bicyclic) bond motifs is 1. The lowest BCUT2D eigenvalue weighted by Gasteiger charge is -2.46. The summed E-state index contributed by atoms with van der Waals surface area (Å²) in [7, 11) is 0. The highest BCUT2D eigenvalue weighted by molar-refractivity contribution is 5.99. The van der Waals surface area contributed by atoms with Gasteiger partial charge >= 0.3 is 0 Å². The molecule has 2 aromatic rings. The normalized spacial score (nSPS) is 21.7. The Labute approximate surface area is 166 Å². The second-order valence-electron chi connectivity index (χ2n) is 7.85. The smallest absolute Gasteiger partial charge is 0.236 e. The molecule has 2 aliphatic rings. The van der Waals surface area contributed by atoms with Gasteiger partial charge in [-0.1, -0.05) is 54.1 Å². The molecule has 2 aromatic carbocycles. The van der Waals surface area contributed by atoms with Gasteiger partial charge in [0.05, 0.1) is 12.0 Å². The first-order valence-electron chi connectivity index (χ1n) is 10.0. The van der Waals surface area contributed by atoms with Crippen molar-refractivity contribution in [3.63, 3.8) is 0 Å². The van der Waals surface area contributed by atoms with Crippen molar-refractivity contribution in [2.24, 2.45) is 5.41 Å². The molecule has 2 amide bonds. The van der Waals surface area contributed by atoms with Crippen molar-refractivity contribution < 1.29 is 9.59 Å². The van der Waals surface area contributed by atoms with Crippen molar-refractivity contribution in [2.75, 3.05) is 5.32 Å². The van der Waals surface area contributed by atoms with Gasteiger partial charge in [-0.3, -0.25) is 9.59 Å². The summed E-state index contributed by atoms with van der Waals surface area (Å²) in [6, 6.07) is 17.9. The molecular formula is C24H26N2O2. The van der Waals surface area contributed by atoms with Crippen LogP contribution in [0.5, 0.6) is 0 Å². The van der Waals surface area contributed by atoms with Gasteiger partial charge < -0.3 is 10.2 Å². The molecule has 1 unspecified atom stereocenters. The maximum absolute atomic E-state index is 13.4. The molecule has 1 N–H and O–H groups in total. The van der Waals surface area contributed by atoms with Crippen molar-refractivity contribution in [3.8, 4) is 0 Å². The molecule has 0 spiro atoms. The summed E-state index contributed by atoms with van der Waals surface area (Å²) in [4.78, 5) is 28.0. The van der Waals surface area contributed by atoms with Gasteiger partial charge in [0, 0.05) is 17.8 Å². The highest BCUT2D eigenvalue weighted by atomic mass is 16.2. The number of anilines is 1. The number of aryl methyl sites for hydroxylation is 1. The number of piperidine rings is 1. The van der Waals surface area contributed by atoms with E-state index in [9.17, 15) is 9.59 Å². The van der Waals surface area contributed by atoms with Crippen molar-refractivity contribution in [1.82, 2.24) is 4.90 Å². The van der Waals surface area contributed by atoms with Crippen LogP contribution in [-0.2, 0) is 16.1 Å². The van der Waals surface area contributed by atoms with E-state index in [0.717, 1.165) is 41.8 Å². The molecule has 0 radical (unpaired) electrons. The number of carbonyl (C=O) groups is 2. The van der Waals surface area contributed by atoms with Crippen LogP contribution in [0, 0.1) is 12.3 Å². The van der Waals surface area contributed by atoms with Gasteiger partial charge in [-0.25, -0.2) is 0 Å². The Kier molecular flexibility index (Phi) is 5.03. The summed E-state index contributed by atoms with van der Waals surface area (Å²) in [6.45, 7) is 2.55. The van der Waals surface area contributed by atoms with Crippen molar-refractivity contribution in [2.45, 2.75) is 45.6 Å². The zero-order valence-corrected chi connectivity index (χ0v) is 16.3. The van der Waals surface area contributed by atoms with E-state index in [4.69, 9.17) is 0 Å². The summed E-state index contributed by atoms with van der Waals surface area (Å²) >= 11 is 0. The first kappa shape index (κ1) is 18.5. The number of rotatable bonds is 4. The summed E-state index contributed by atoms with van der Waals surface area (Å²) in [6.07, 6.45) is 5.77. The minimum absolute atomic E-state index is 0.00728. The molecule has 4 rings (SSSR count). The molecule has 1 heterocycles. The van der Waals surface area contributed by atoms with Gasteiger partial charge in [0.1, 0.15) is 0 Å². The largest absolute Gasteiger partial charge is 0.325 e.